The van der Waals surface area contributed by atoms with E-state index in [1.807, 2.05) is 18.2 Å². The molecule has 0 unspecified atom stereocenters. The Morgan fingerprint density at radius 2 is 1.62 bits per heavy atom. The molecule has 5 nitrogen and oxygen atoms in total. The minimum atomic E-state index is -0.461. The Hall–Kier alpha value is -2.08. The number of para-hydroxylation sites is 1. The minimum Gasteiger partial charge on any atom is -0.321 e. The number of hydrogen-bond acceptors (Lipinski definition) is 4. The van der Waals surface area contributed by atoms with Crippen LogP contribution in [0, 0.1) is 6.92 Å². The number of hydrogen-bond donors (Lipinski definition) is 1. The van der Waals surface area contributed by atoms with Gasteiger partial charge in [-0.3, -0.25) is 0 Å². The van der Waals surface area contributed by atoms with Crippen LogP contribution in [0.2, 0.25) is 15.1 Å². The molecule has 122 valence electrons. The van der Waals surface area contributed by atoms with Crippen molar-refractivity contribution in [2.24, 2.45) is 0 Å². The fourth-order valence-electron chi connectivity index (χ4n) is 2.21. The maximum Gasteiger partial charge on any atom is 0.356 e. The van der Waals surface area contributed by atoms with Gasteiger partial charge in [0.1, 0.15) is 5.82 Å². The van der Waals surface area contributed by atoms with Gasteiger partial charge in [0.2, 0.25) is 5.95 Å². The van der Waals surface area contributed by atoms with Crippen molar-refractivity contribution in [2.75, 3.05) is 5.32 Å². The van der Waals surface area contributed by atoms with Crippen LogP contribution in [0.15, 0.2) is 47.3 Å². The summed E-state index contributed by atoms with van der Waals surface area (Å²) in [4.78, 5) is 20.6. The molecule has 0 aliphatic rings. The van der Waals surface area contributed by atoms with Crippen LogP contribution in [0.1, 0.15) is 5.82 Å². The van der Waals surface area contributed by atoms with Gasteiger partial charge in [0.25, 0.3) is 0 Å². The van der Waals surface area contributed by atoms with Crippen LogP contribution < -0.4 is 11.0 Å². The lowest BCUT2D eigenvalue weighted by Gasteiger charge is -2.12. The van der Waals surface area contributed by atoms with Gasteiger partial charge < -0.3 is 5.32 Å². The van der Waals surface area contributed by atoms with E-state index in [2.05, 4.69) is 15.3 Å². The second-order valence-corrected chi connectivity index (χ2v) is 6.17. The average Bonchev–Trinajstić information content (AvgIpc) is 2.51. The second kappa shape index (κ2) is 6.81. The third kappa shape index (κ3) is 3.38. The van der Waals surface area contributed by atoms with E-state index in [4.69, 9.17) is 34.8 Å². The predicted octanol–water partition coefficient (Wildman–Crippen LogP) is 4.64. The van der Waals surface area contributed by atoms with Crippen LogP contribution in [0.3, 0.4) is 0 Å². The number of nitrogens with zero attached hydrogens (tertiary/aromatic N) is 3. The van der Waals surface area contributed by atoms with Crippen LogP contribution in [0.5, 0.6) is 0 Å². The summed E-state index contributed by atoms with van der Waals surface area (Å²) in [5.41, 5.74) is 0.616. The number of nitrogens with one attached hydrogen (secondary N) is 1. The highest BCUT2D eigenvalue weighted by Crippen LogP contribution is 2.34. The van der Waals surface area contributed by atoms with Gasteiger partial charge in [-0.15, -0.1) is 0 Å². The highest BCUT2D eigenvalue weighted by atomic mass is 35.5. The van der Waals surface area contributed by atoms with Crippen LogP contribution >= 0.6 is 34.8 Å². The molecule has 0 amide bonds. The molecular formula is C16H11Cl3N4O. The van der Waals surface area contributed by atoms with Crippen LogP contribution in [0.4, 0.5) is 11.6 Å². The van der Waals surface area contributed by atoms with E-state index in [0.717, 1.165) is 0 Å². The first-order valence-electron chi connectivity index (χ1n) is 6.90. The maximum atomic E-state index is 12.4. The van der Waals surface area contributed by atoms with Gasteiger partial charge in [-0.1, -0.05) is 53.0 Å². The highest BCUT2D eigenvalue weighted by molar-refractivity contribution is 6.41. The number of aryl methyl sites for hydroxylation is 1. The van der Waals surface area contributed by atoms with E-state index < -0.39 is 5.69 Å². The van der Waals surface area contributed by atoms with Crippen molar-refractivity contribution >= 4 is 46.4 Å². The Morgan fingerprint density at radius 1 is 1.00 bits per heavy atom. The fourth-order valence-corrected chi connectivity index (χ4v) is 3.12. The molecule has 1 aromatic heterocycles. The zero-order chi connectivity index (χ0) is 17.3. The number of aromatic nitrogens is 3. The van der Waals surface area contributed by atoms with Crippen molar-refractivity contribution in [3.8, 4) is 5.69 Å². The van der Waals surface area contributed by atoms with Crippen molar-refractivity contribution in [2.45, 2.75) is 6.92 Å². The molecule has 0 aliphatic heterocycles. The Kier molecular flexibility index (Phi) is 4.76. The molecule has 2 aromatic carbocycles. The summed E-state index contributed by atoms with van der Waals surface area (Å²) in [6, 6.07) is 12.2. The molecule has 8 heteroatoms. The lowest BCUT2D eigenvalue weighted by molar-refractivity contribution is 0.815. The van der Waals surface area contributed by atoms with Gasteiger partial charge in [-0.2, -0.15) is 9.97 Å². The summed E-state index contributed by atoms with van der Waals surface area (Å²) in [5, 5.41) is 3.89. The van der Waals surface area contributed by atoms with Crippen molar-refractivity contribution in [3.63, 3.8) is 0 Å². The molecule has 0 radical (unpaired) electrons. The highest BCUT2D eigenvalue weighted by Gasteiger charge is 2.12. The van der Waals surface area contributed by atoms with E-state index in [0.29, 0.717) is 32.3 Å². The quantitative estimate of drug-likeness (QED) is 0.718. The van der Waals surface area contributed by atoms with Crippen LogP contribution in [0.25, 0.3) is 5.69 Å². The monoisotopic (exact) mass is 380 g/mol. The first kappa shape index (κ1) is 16.8. The zero-order valence-corrected chi connectivity index (χ0v) is 14.7. The number of anilines is 2. The minimum absolute atomic E-state index is 0.107. The topological polar surface area (TPSA) is 59.8 Å². The maximum absolute atomic E-state index is 12.4. The molecule has 0 atom stereocenters. The normalized spacial score (nSPS) is 10.7. The molecule has 0 aliphatic carbocycles. The molecule has 0 fully saturated rings. The molecule has 0 saturated carbocycles. The number of halogens is 3. The summed E-state index contributed by atoms with van der Waals surface area (Å²) in [6.45, 7) is 1.71. The van der Waals surface area contributed by atoms with E-state index in [1.165, 1.54) is 16.7 Å². The lowest BCUT2D eigenvalue weighted by atomic mass is 10.3. The zero-order valence-electron chi connectivity index (χ0n) is 12.4. The third-order valence-electron chi connectivity index (χ3n) is 3.24. The predicted molar refractivity (Wildman–Crippen MR) is 97.1 cm³/mol. The van der Waals surface area contributed by atoms with Crippen molar-refractivity contribution in [3.05, 3.63) is 73.8 Å². The molecule has 1 N–H and O–H groups in total. The SMILES string of the molecule is Cc1nc(Nc2c(Cl)cc(Cl)cc2Cl)nc(=O)n1-c1ccccc1. The van der Waals surface area contributed by atoms with Crippen LogP contribution in [-0.4, -0.2) is 14.5 Å². The van der Waals surface area contributed by atoms with E-state index in [-0.39, 0.29) is 5.95 Å². The second-order valence-electron chi connectivity index (χ2n) is 4.92. The third-order valence-corrected chi connectivity index (χ3v) is 4.06. The van der Waals surface area contributed by atoms with Gasteiger partial charge in [0, 0.05) is 5.02 Å². The molecule has 3 aromatic rings. The molecular weight excluding hydrogens is 371 g/mol. The van der Waals surface area contributed by atoms with Gasteiger partial charge in [0.05, 0.1) is 21.4 Å². The van der Waals surface area contributed by atoms with Gasteiger partial charge in [-0.05, 0) is 31.2 Å². The largest absolute Gasteiger partial charge is 0.356 e. The lowest BCUT2D eigenvalue weighted by Crippen LogP contribution is -2.26. The molecule has 1 heterocycles. The summed E-state index contributed by atoms with van der Waals surface area (Å²) in [6.07, 6.45) is 0. The summed E-state index contributed by atoms with van der Waals surface area (Å²) in [5.74, 6) is 0.584. The van der Waals surface area contributed by atoms with Gasteiger partial charge in [0.15, 0.2) is 0 Å². The van der Waals surface area contributed by atoms with E-state index in [9.17, 15) is 4.79 Å². The average molecular weight is 382 g/mol. The Labute approximate surface area is 152 Å². The fraction of sp³-hybridized carbons (Fsp3) is 0.0625. The summed E-state index contributed by atoms with van der Waals surface area (Å²) in [7, 11) is 0. The molecule has 0 spiro atoms. The summed E-state index contributed by atoms with van der Waals surface area (Å²) < 4.78 is 1.41. The van der Waals surface area contributed by atoms with Crippen molar-refractivity contribution in [1.82, 2.24) is 14.5 Å². The van der Waals surface area contributed by atoms with Gasteiger partial charge >= 0.3 is 5.69 Å². The smallest absolute Gasteiger partial charge is 0.321 e. The Morgan fingerprint density at radius 3 is 2.21 bits per heavy atom. The van der Waals surface area contributed by atoms with Crippen molar-refractivity contribution < 1.29 is 0 Å². The van der Waals surface area contributed by atoms with Crippen LogP contribution in [-0.2, 0) is 0 Å². The molecule has 0 bridgehead atoms. The van der Waals surface area contributed by atoms with E-state index >= 15 is 0 Å². The number of benzene rings is 2. The first-order valence-corrected chi connectivity index (χ1v) is 8.04. The Balaban J connectivity index is 2.02. The molecule has 24 heavy (non-hydrogen) atoms. The van der Waals surface area contributed by atoms with Crippen molar-refractivity contribution in [1.29, 1.82) is 0 Å². The summed E-state index contributed by atoms with van der Waals surface area (Å²) >= 11 is 18.1. The first-order chi connectivity index (χ1) is 11.5. The molecule has 3 rings (SSSR count). The van der Waals surface area contributed by atoms with Gasteiger partial charge in [-0.25, -0.2) is 9.36 Å². The molecule has 0 saturated heterocycles. The van der Waals surface area contributed by atoms with E-state index in [1.54, 1.807) is 19.1 Å². The standard InChI is InChI=1S/C16H11Cl3N4O/c1-9-20-15(21-14-12(18)7-10(17)8-13(14)19)22-16(24)23(9)11-5-3-2-4-6-11/h2-8H,1H3,(H,21,22,24). The number of rotatable bonds is 3. The Bertz CT molecular complexity index is 934.